The molecule has 0 fully saturated rings. The molecule has 0 atom stereocenters. The lowest BCUT2D eigenvalue weighted by atomic mass is 10.1. The van der Waals surface area contributed by atoms with Crippen molar-refractivity contribution in [1.29, 1.82) is 0 Å². The van der Waals surface area contributed by atoms with Crippen LogP contribution in [-0.2, 0) is 0 Å². The molecule has 4 rings (SSSR count). The molecule has 0 N–H and O–H groups in total. The fourth-order valence-electron chi connectivity index (χ4n) is 2.71. The third-order valence-corrected chi connectivity index (χ3v) is 3.58. The Morgan fingerprint density at radius 1 is 0.632 bits per heavy atom. The first-order valence-corrected chi connectivity index (χ1v) is 6.48. The maximum Gasteiger partial charge on any atom is 0.0541 e. The summed E-state index contributed by atoms with van der Waals surface area (Å²) in [5, 5.41) is 0. The summed E-state index contributed by atoms with van der Waals surface area (Å²) in [6.45, 7) is 0. The van der Waals surface area contributed by atoms with E-state index < -0.39 is 0 Å². The minimum Gasteiger partial charge on any atom is -0.310 e. The van der Waals surface area contributed by atoms with Gasteiger partial charge >= 0.3 is 0 Å². The summed E-state index contributed by atoms with van der Waals surface area (Å²) in [6, 6.07) is 27.7. The Hall–Kier alpha value is -2.54. The fourth-order valence-corrected chi connectivity index (χ4v) is 2.71. The predicted octanol–water partition coefficient (Wildman–Crippen LogP) is 4.74. The number of aromatic nitrogens is 1. The van der Waals surface area contributed by atoms with Crippen LogP contribution in [-0.4, -0.2) is 4.57 Å². The first kappa shape index (κ1) is 10.4. The molecule has 19 heavy (non-hydrogen) atoms. The van der Waals surface area contributed by atoms with Gasteiger partial charge in [0.2, 0.25) is 0 Å². The summed E-state index contributed by atoms with van der Waals surface area (Å²) < 4.78 is 2.31. The first-order valence-electron chi connectivity index (χ1n) is 6.48. The molecular formula is C18H13N. The van der Waals surface area contributed by atoms with Crippen molar-refractivity contribution in [1.82, 2.24) is 4.57 Å². The molecule has 0 aliphatic heterocycles. The Labute approximate surface area is 112 Å². The van der Waals surface area contributed by atoms with E-state index in [1.165, 1.54) is 27.8 Å². The quantitative estimate of drug-likeness (QED) is 0.479. The largest absolute Gasteiger partial charge is 0.310 e. The third kappa shape index (κ3) is 1.55. The van der Waals surface area contributed by atoms with Gasteiger partial charge < -0.3 is 4.57 Å². The fraction of sp³-hybridized carbons (Fsp3) is 0. The van der Waals surface area contributed by atoms with Crippen LogP contribution < -0.4 is 0 Å². The maximum absolute atomic E-state index is 2.31. The van der Waals surface area contributed by atoms with Crippen LogP contribution in [0.1, 0.15) is 0 Å². The Morgan fingerprint density at radius 2 is 1.32 bits per heavy atom. The van der Waals surface area contributed by atoms with Gasteiger partial charge in [-0.3, -0.25) is 0 Å². The van der Waals surface area contributed by atoms with Crippen molar-refractivity contribution in [2.24, 2.45) is 0 Å². The highest BCUT2D eigenvalue weighted by molar-refractivity contribution is 5.91. The molecule has 0 amide bonds. The number of rotatable bonds is 2. The molecule has 2 aromatic carbocycles. The number of fused-ring (bicyclic) bond motifs is 2. The molecule has 90 valence electrons. The Kier molecular flexibility index (Phi) is 2.18. The van der Waals surface area contributed by atoms with E-state index in [1.807, 2.05) is 0 Å². The Balaban J connectivity index is 1.95. The van der Waals surface area contributed by atoms with Crippen LogP contribution in [0.3, 0.4) is 0 Å². The standard InChI is InChI=1S/C18H13N/c1-3-7-14(8-4-1)17-13-16-11-12-18(17)19(16)15-9-5-2-6-10-15/h1-13H. The van der Waals surface area contributed by atoms with Gasteiger partial charge in [-0.2, -0.15) is 0 Å². The van der Waals surface area contributed by atoms with Gasteiger partial charge in [-0.05, 0) is 35.9 Å². The molecule has 0 radical (unpaired) electrons. The summed E-state index contributed by atoms with van der Waals surface area (Å²) in [4.78, 5) is 0. The van der Waals surface area contributed by atoms with Crippen LogP contribution in [0.15, 0.2) is 78.9 Å². The van der Waals surface area contributed by atoms with Crippen molar-refractivity contribution < 1.29 is 0 Å². The van der Waals surface area contributed by atoms with Crippen LogP contribution >= 0.6 is 0 Å². The molecule has 1 heteroatoms. The monoisotopic (exact) mass is 243 g/mol. The van der Waals surface area contributed by atoms with Gasteiger partial charge in [-0.25, -0.2) is 0 Å². The molecule has 2 bridgehead atoms. The Bertz CT molecular complexity index is 797. The smallest absolute Gasteiger partial charge is 0.0541 e. The van der Waals surface area contributed by atoms with Gasteiger partial charge in [0.15, 0.2) is 0 Å². The minimum atomic E-state index is 1.22. The SMILES string of the molecule is c1ccc(-c2cc3ccc2n3-c2ccccc2)cc1. The van der Waals surface area contributed by atoms with E-state index in [1.54, 1.807) is 0 Å². The van der Waals surface area contributed by atoms with Gasteiger partial charge in [0.05, 0.1) is 5.52 Å². The number of para-hydroxylation sites is 1. The second-order valence-electron chi connectivity index (χ2n) is 4.74. The molecule has 1 nitrogen and oxygen atoms in total. The van der Waals surface area contributed by atoms with Crippen molar-refractivity contribution in [2.45, 2.75) is 0 Å². The van der Waals surface area contributed by atoms with E-state index in [9.17, 15) is 0 Å². The van der Waals surface area contributed by atoms with Crippen molar-refractivity contribution in [2.75, 3.05) is 0 Å². The van der Waals surface area contributed by atoms with Gasteiger partial charge in [0, 0.05) is 16.8 Å². The molecule has 0 saturated heterocycles. The van der Waals surface area contributed by atoms with Crippen molar-refractivity contribution in [3.63, 3.8) is 0 Å². The highest BCUT2D eigenvalue weighted by Crippen LogP contribution is 2.33. The van der Waals surface area contributed by atoms with E-state index in [0.717, 1.165) is 0 Å². The molecule has 4 aromatic rings. The average molecular weight is 243 g/mol. The normalized spacial score (nSPS) is 11.2. The predicted molar refractivity (Wildman–Crippen MR) is 79.9 cm³/mol. The summed E-state index contributed by atoms with van der Waals surface area (Å²) in [7, 11) is 0. The zero-order valence-electron chi connectivity index (χ0n) is 10.5. The number of nitrogens with zero attached hydrogens (tertiary/aromatic N) is 1. The third-order valence-electron chi connectivity index (χ3n) is 3.58. The summed E-state index contributed by atoms with van der Waals surface area (Å²) in [5.41, 5.74) is 6.33. The molecule has 0 unspecified atom stereocenters. The highest BCUT2D eigenvalue weighted by atomic mass is 15.0. The van der Waals surface area contributed by atoms with Crippen LogP contribution in [0.25, 0.3) is 27.8 Å². The lowest BCUT2D eigenvalue weighted by Gasteiger charge is -2.04. The van der Waals surface area contributed by atoms with Crippen molar-refractivity contribution in [3.8, 4) is 16.8 Å². The zero-order chi connectivity index (χ0) is 12.7. The molecule has 0 spiro atoms. The van der Waals surface area contributed by atoms with E-state index in [2.05, 4.69) is 83.4 Å². The molecular weight excluding hydrogens is 230 g/mol. The lowest BCUT2D eigenvalue weighted by Crippen LogP contribution is -1.89. The molecule has 0 saturated carbocycles. The average Bonchev–Trinajstić information content (AvgIpc) is 3.07. The summed E-state index contributed by atoms with van der Waals surface area (Å²) >= 11 is 0. The van der Waals surface area contributed by atoms with Crippen molar-refractivity contribution >= 4 is 11.0 Å². The second-order valence-corrected chi connectivity index (χ2v) is 4.74. The topological polar surface area (TPSA) is 4.93 Å². The van der Waals surface area contributed by atoms with Gasteiger partial charge in [-0.15, -0.1) is 0 Å². The maximum atomic E-state index is 2.31. The van der Waals surface area contributed by atoms with Crippen LogP contribution in [0.4, 0.5) is 0 Å². The Morgan fingerprint density at radius 3 is 2.05 bits per heavy atom. The summed E-state index contributed by atoms with van der Waals surface area (Å²) in [5.74, 6) is 0. The molecule has 2 aromatic heterocycles. The van der Waals surface area contributed by atoms with E-state index in [4.69, 9.17) is 0 Å². The van der Waals surface area contributed by atoms with E-state index in [-0.39, 0.29) is 0 Å². The zero-order valence-corrected chi connectivity index (χ0v) is 10.5. The first-order chi connectivity index (χ1) is 9.43. The molecule has 2 heterocycles. The number of hydrogen-bond acceptors (Lipinski definition) is 0. The molecule has 0 aliphatic rings. The number of hydrogen-bond donors (Lipinski definition) is 0. The van der Waals surface area contributed by atoms with Gasteiger partial charge in [-0.1, -0.05) is 48.5 Å². The molecule has 0 aliphatic carbocycles. The number of benzene rings is 3. The van der Waals surface area contributed by atoms with E-state index >= 15 is 0 Å². The van der Waals surface area contributed by atoms with Gasteiger partial charge in [0.25, 0.3) is 0 Å². The minimum absolute atomic E-state index is 1.22. The second kappa shape index (κ2) is 3.99. The van der Waals surface area contributed by atoms with Crippen LogP contribution in [0.2, 0.25) is 0 Å². The highest BCUT2D eigenvalue weighted by Gasteiger charge is 2.13. The van der Waals surface area contributed by atoms with Crippen LogP contribution in [0, 0.1) is 0 Å². The van der Waals surface area contributed by atoms with Crippen LogP contribution in [0.5, 0.6) is 0 Å². The van der Waals surface area contributed by atoms with Crippen molar-refractivity contribution in [3.05, 3.63) is 78.9 Å². The summed E-state index contributed by atoms with van der Waals surface area (Å²) in [6.07, 6.45) is 0. The van der Waals surface area contributed by atoms with Gasteiger partial charge in [0.1, 0.15) is 0 Å². The van der Waals surface area contributed by atoms with E-state index in [0.29, 0.717) is 0 Å². The lowest BCUT2D eigenvalue weighted by molar-refractivity contribution is 1.19.